The minimum atomic E-state index is -1.03. The fraction of sp³-hybridized carbons (Fsp3) is 0.444. The van der Waals surface area contributed by atoms with Crippen molar-refractivity contribution in [2.24, 2.45) is 0 Å². The van der Waals surface area contributed by atoms with Crippen molar-refractivity contribution >= 4 is 48.9 Å². The molecule has 0 aromatic heterocycles. The van der Waals surface area contributed by atoms with E-state index in [-0.39, 0.29) is 0 Å². The Hall–Kier alpha value is -1.49. The van der Waals surface area contributed by atoms with Gasteiger partial charge in [-0.1, -0.05) is 91.8 Å². The van der Waals surface area contributed by atoms with Gasteiger partial charge in [0, 0.05) is 24.5 Å². The molecule has 1 saturated heterocycles. The van der Waals surface area contributed by atoms with Crippen LogP contribution in [0.5, 0.6) is 0 Å². The van der Waals surface area contributed by atoms with Crippen LogP contribution in [0.4, 0.5) is 17.1 Å². The zero-order valence-corrected chi connectivity index (χ0v) is 32.0. The summed E-state index contributed by atoms with van der Waals surface area (Å²) in [4.78, 5) is 7.14. The molecule has 0 N–H and O–H groups in total. The standard InChI is InChI=1S/C27H39N2.C9H11N.2BrH.Ru/c1-18(2)22-11-9-12-23(19(3)4)26(22)28-15-16-29(17-28)27-24(20(5)6)13-10-14-25(27)21(7)8;1-8-6-4-5-7-9(8)10(2)3;;;/h9-14,17-21H,15-16H2,1-8H3;1,4-7H,2-3H3;2*1H;/q-1;;;;+2/p-2. The monoisotopic (exact) mass is 784 g/mol. The third-order valence-corrected chi connectivity index (χ3v) is 10.6. The first-order chi connectivity index (χ1) is 19.8. The number of halogens is 2. The number of rotatable bonds is 8. The molecule has 0 amide bonds. The molecule has 0 radical (unpaired) electrons. The van der Waals surface area contributed by atoms with Crippen molar-refractivity contribution < 1.29 is 11.6 Å². The van der Waals surface area contributed by atoms with Gasteiger partial charge in [0.1, 0.15) is 0 Å². The van der Waals surface area contributed by atoms with E-state index in [2.05, 4.69) is 183 Å². The van der Waals surface area contributed by atoms with E-state index in [1.165, 1.54) is 44.9 Å². The quantitative estimate of drug-likeness (QED) is 0.166. The Morgan fingerprint density at radius 1 is 0.643 bits per heavy atom. The van der Waals surface area contributed by atoms with Crippen LogP contribution in [0.25, 0.3) is 0 Å². The second-order valence-corrected chi connectivity index (χ2v) is 25.6. The van der Waals surface area contributed by atoms with Gasteiger partial charge < -0.3 is 9.80 Å². The van der Waals surface area contributed by atoms with Gasteiger partial charge in [0.25, 0.3) is 0 Å². The zero-order chi connectivity index (χ0) is 31.1. The van der Waals surface area contributed by atoms with Crippen LogP contribution in [0.3, 0.4) is 0 Å². The Kier molecular flexibility index (Phi) is 13.3. The summed E-state index contributed by atoms with van der Waals surface area (Å²) in [5, 5.41) is 0. The van der Waals surface area contributed by atoms with Gasteiger partial charge in [0.2, 0.25) is 0 Å². The molecule has 0 aliphatic carbocycles. The molecule has 1 aliphatic rings. The van der Waals surface area contributed by atoms with Crippen LogP contribution in [0, 0.1) is 6.67 Å². The number of nitrogens with zero attached hydrogens (tertiary/aromatic N) is 3. The first-order valence-corrected chi connectivity index (χ1v) is 24.0. The van der Waals surface area contributed by atoms with E-state index >= 15 is 0 Å². The van der Waals surface area contributed by atoms with Gasteiger partial charge >= 0.3 is 97.9 Å². The van der Waals surface area contributed by atoms with Crippen molar-refractivity contribution in [2.45, 2.75) is 79.1 Å². The molecular formula is C36H50Br2N3Ru-. The second-order valence-electron chi connectivity index (χ2n) is 12.5. The molecule has 6 heteroatoms. The summed E-state index contributed by atoms with van der Waals surface area (Å²) < 4.78 is 2.26. The third kappa shape index (κ3) is 8.79. The van der Waals surface area contributed by atoms with Crippen molar-refractivity contribution in [3.63, 3.8) is 0 Å². The molecule has 232 valence electrons. The molecule has 0 unspecified atom stereocenters. The molecule has 1 heterocycles. The van der Waals surface area contributed by atoms with E-state index in [0.717, 1.165) is 13.1 Å². The molecule has 0 saturated carbocycles. The fourth-order valence-corrected chi connectivity index (χ4v) is 8.49. The Morgan fingerprint density at radius 3 is 1.36 bits per heavy atom. The average Bonchev–Trinajstić information content (AvgIpc) is 3.42. The van der Waals surface area contributed by atoms with Crippen LogP contribution >= 0.6 is 27.2 Å². The second kappa shape index (κ2) is 16.0. The van der Waals surface area contributed by atoms with Crippen molar-refractivity contribution in [1.82, 2.24) is 0 Å². The first-order valence-electron chi connectivity index (χ1n) is 15.1. The Labute approximate surface area is 274 Å². The number of hydrogen-bond donors (Lipinski definition) is 0. The summed E-state index contributed by atoms with van der Waals surface area (Å²) in [6, 6.07) is 22.1. The van der Waals surface area contributed by atoms with Gasteiger partial charge in [-0.05, 0) is 45.9 Å². The molecular weight excluding hydrogens is 735 g/mol. The molecule has 0 spiro atoms. The summed E-state index contributed by atoms with van der Waals surface area (Å²) in [5.41, 5.74) is 11.2. The summed E-state index contributed by atoms with van der Waals surface area (Å²) in [5.74, 6) is 2.06. The van der Waals surface area contributed by atoms with Crippen molar-refractivity contribution in [3.8, 4) is 0 Å². The minimum absolute atomic E-state index is 0.514. The first kappa shape index (κ1) is 35.0. The molecule has 3 aromatic carbocycles. The maximum absolute atomic E-state index is 3.58. The Morgan fingerprint density at radius 2 is 1.02 bits per heavy atom. The molecule has 1 fully saturated rings. The molecule has 1 aliphatic heterocycles. The Balaban J connectivity index is 0.000000312. The third-order valence-electron chi connectivity index (χ3n) is 7.73. The predicted octanol–water partition coefficient (Wildman–Crippen LogP) is 10.8. The summed E-state index contributed by atoms with van der Waals surface area (Å²) in [7, 11) is 4.12. The number of para-hydroxylation sites is 3. The van der Waals surface area contributed by atoms with Crippen LogP contribution in [-0.4, -0.2) is 31.8 Å². The average molecular weight is 786 g/mol. The SMILES string of the molecule is CC(C)c1cccc(C(C)C)c1N1[CH-]N(c2c(C(C)C)cccc2C(C)C)CC1.CN(C)c1ccccc1[CH]=[Ru]([Br])[Br]. The van der Waals surface area contributed by atoms with Crippen molar-refractivity contribution in [3.05, 3.63) is 95.1 Å². The van der Waals surface area contributed by atoms with E-state index in [0.29, 0.717) is 23.7 Å². The van der Waals surface area contributed by atoms with Gasteiger partial charge in [0.05, 0.1) is 0 Å². The molecule has 3 nitrogen and oxygen atoms in total. The summed E-state index contributed by atoms with van der Waals surface area (Å²) >= 11 is 6.13. The topological polar surface area (TPSA) is 9.72 Å². The van der Waals surface area contributed by atoms with Crippen molar-refractivity contribution in [2.75, 3.05) is 41.9 Å². The molecule has 4 rings (SSSR count). The molecule has 42 heavy (non-hydrogen) atoms. The Bertz CT molecular complexity index is 1220. The van der Waals surface area contributed by atoms with E-state index < -0.39 is 11.6 Å². The summed E-state index contributed by atoms with van der Waals surface area (Å²) in [6.45, 7) is 22.9. The van der Waals surface area contributed by atoms with E-state index in [4.69, 9.17) is 0 Å². The van der Waals surface area contributed by atoms with E-state index in [9.17, 15) is 0 Å². The van der Waals surface area contributed by atoms with Crippen LogP contribution in [0.15, 0.2) is 60.7 Å². The van der Waals surface area contributed by atoms with Crippen LogP contribution in [0.2, 0.25) is 0 Å². The van der Waals surface area contributed by atoms with Crippen LogP contribution < -0.4 is 14.7 Å². The van der Waals surface area contributed by atoms with Gasteiger partial charge in [-0.3, -0.25) is 0 Å². The molecule has 0 atom stereocenters. The van der Waals surface area contributed by atoms with Gasteiger partial charge in [-0.25, -0.2) is 0 Å². The van der Waals surface area contributed by atoms with Crippen molar-refractivity contribution in [1.29, 1.82) is 0 Å². The number of benzene rings is 3. The normalized spacial score (nSPS) is 13.7. The van der Waals surface area contributed by atoms with Gasteiger partial charge in [-0.15, -0.1) is 0 Å². The molecule has 0 bridgehead atoms. The number of anilines is 3. The fourth-order valence-electron chi connectivity index (χ4n) is 5.59. The summed E-state index contributed by atoms with van der Waals surface area (Å²) in [6.07, 6.45) is 0. The van der Waals surface area contributed by atoms with E-state index in [1.807, 2.05) is 0 Å². The van der Waals surface area contributed by atoms with Gasteiger partial charge in [0.15, 0.2) is 0 Å². The van der Waals surface area contributed by atoms with Crippen LogP contribution in [-0.2, 0) is 11.6 Å². The van der Waals surface area contributed by atoms with Gasteiger partial charge in [-0.2, -0.15) is 6.67 Å². The van der Waals surface area contributed by atoms with Crippen LogP contribution in [0.1, 0.15) is 107 Å². The molecule has 3 aromatic rings. The predicted molar refractivity (Wildman–Crippen MR) is 192 cm³/mol. The van der Waals surface area contributed by atoms with E-state index in [1.54, 1.807) is 0 Å². The zero-order valence-electron chi connectivity index (χ0n) is 27.1. The number of hydrogen-bond acceptors (Lipinski definition) is 3. The maximum atomic E-state index is 3.58.